The second kappa shape index (κ2) is 9.52. The first-order valence-corrected chi connectivity index (χ1v) is 10.5. The normalized spacial score (nSPS) is 16.8. The van der Waals surface area contributed by atoms with Gasteiger partial charge < -0.3 is 4.74 Å². The number of hydrogen-bond acceptors (Lipinski definition) is 2. The Kier molecular flexibility index (Phi) is 6.76. The average Bonchev–Trinajstić information content (AvgIpc) is 2.86. The van der Waals surface area contributed by atoms with Crippen LogP contribution in [-0.2, 0) is 15.9 Å². The summed E-state index contributed by atoms with van der Waals surface area (Å²) in [4.78, 5) is 0. The summed E-state index contributed by atoms with van der Waals surface area (Å²) in [5, 5.41) is 3.93. The molecule has 5 rings (SSSR count). The van der Waals surface area contributed by atoms with Crippen molar-refractivity contribution in [2.45, 2.75) is 11.1 Å². The van der Waals surface area contributed by atoms with Gasteiger partial charge in [-0.1, -0.05) is 121 Å². The first kappa shape index (κ1) is 22.0. The average molecular weight is 416 g/mol. The number of ether oxygens (including phenoxy) is 1. The molecule has 0 unspecified atom stereocenters. The van der Waals surface area contributed by atoms with E-state index in [1.165, 1.54) is 11.1 Å². The van der Waals surface area contributed by atoms with E-state index in [4.69, 9.17) is 4.74 Å². The largest absolute Gasteiger partial charge is 0.362 e. The standard InChI is InChI=1S/C28H25NO.Na.H/c1-5-13-23(14-6-1)27(24-15-7-2-8-16-24)28(30-22-21-29-27,25-17-9-3-10-18-25)26-19-11-4-12-20-26;;/h1-20,29H,21-22H2;;. The van der Waals surface area contributed by atoms with Crippen molar-refractivity contribution in [2.24, 2.45) is 0 Å². The summed E-state index contributed by atoms with van der Waals surface area (Å²) in [6.45, 7) is 1.40. The van der Waals surface area contributed by atoms with Gasteiger partial charge in [-0.25, -0.2) is 0 Å². The summed E-state index contributed by atoms with van der Waals surface area (Å²) in [6, 6.07) is 42.6. The minimum Gasteiger partial charge on any atom is -0.362 e. The van der Waals surface area contributed by atoms with Crippen LogP contribution in [-0.4, -0.2) is 42.7 Å². The molecule has 1 saturated heterocycles. The van der Waals surface area contributed by atoms with Crippen molar-refractivity contribution >= 4 is 29.6 Å². The van der Waals surface area contributed by atoms with Crippen LogP contribution in [0.3, 0.4) is 0 Å². The Morgan fingerprint density at radius 3 is 1.26 bits per heavy atom. The second-order valence-corrected chi connectivity index (χ2v) is 7.67. The van der Waals surface area contributed by atoms with Gasteiger partial charge in [-0.15, -0.1) is 0 Å². The van der Waals surface area contributed by atoms with Crippen molar-refractivity contribution in [3.8, 4) is 0 Å². The molecule has 2 nitrogen and oxygen atoms in total. The monoisotopic (exact) mass is 415 g/mol. The Hall–Kier alpha value is -2.20. The van der Waals surface area contributed by atoms with Crippen LogP contribution in [0, 0.1) is 0 Å². The topological polar surface area (TPSA) is 21.3 Å². The van der Waals surface area contributed by atoms with E-state index in [-0.39, 0.29) is 29.6 Å². The van der Waals surface area contributed by atoms with E-state index in [9.17, 15) is 0 Å². The van der Waals surface area contributed by atoms with Crippen LogP contribution < -0.4 is 5.32 Å². The van der Waals surface area contributed by atoms with Gasteiger partial charge >= 0.3 is 29.6 Å². The maximum atomic E-state index is 6.90. The molecule has 1 aliphatic rings. The molecule has 31 heavy (non-hydrogen) atoms. The molecule has 0 bridgehead atoms. The van der Waals surface area contributed by atoms with Gasteiger partial charge in [-0.05, 0) is 22.3 Å². The Balaban J connectivity index is 0.00000231. The van der Waals surface area contributed by atoms with Crippen molar-refractivity contribution in [3.05, 3.63) is 144 Å². The van der Waals surface area contributed by atoms with Crippen LogP contribution >= 0.6 is 0 Å². The van der Waals surface area contributed by atoms with E-state index in [2.05, 4.69) is 127 Å². The number of nitrogens with one attached hydrogen (secondary N) is 1. The van der Waals surface area contributed by atoms with Crippen LogP contribution in [0.25, 0.3) is 0 Å². The van der Waals surface area contributed by atoms with Crippen LogP contribution in [0.1, 0.15) is 22.3 Å². The van der Waals surface area contributed by atoms with E-state index in [1.807, 2.05) is 0 Å². The zero-order valence-electron chi connectivity index (χ0n) is 16.9. The van der Waals surface area contributed by atoms with Crippen LogP contribution in [0.5, 0.6) is 0 Å². The van der Waals surface area contributed by atoms with Crippen molar-refractivity contribution in [3.63, 3.8) is 0 Å². The van der Waals surface area contributed by atoms with Crippen molar-refractivity contribution in [1.82, 2.24) is 5.32 Å². The second-order valence-electron chi connectivity index (χ2n) is 7.67. The Morgan fingerprint density at radius 1 is 0.516 bits per heavy atom. The zero-order chi connectivity index (χ0) is 20.3. The zero-order valence-corrected chi connectivity index (χ0v) is 16.9. The first-order valence-electron chi connectivity index (χ1n) is 10.5. The molecule has 1 aliphatic heterocycles. The summed E-state index contributed by atoms with van der Waals surface area (Å²) >= 11 is 0. The Bertz CT molecular complexity index is 915. The summed E-state index contributed by atoms with van der Waals surface area (Å²) in [7, 11) is 0. The van der Waals surface area contributed by atoms with Gasteiger partial charge in [0.15, 0.2) is 0 Å². The maximum absolute atomic E-state index is 6.90. The molecule has 0 aromatic heterocycles. The van der Waals surface area contributed by atoms with Crippen molar-refractivity contribution in [1.29, 1.82) is 0 Å². The minimum atomic E-state index is -0.726. The summed E-state index contributed by atoms with van der Waals surface area (Å²) in [5.74, 6) is 0. The first-order chi connectivity index (χ1) is 14.9. The molecule has 4 aromatic rings. The number of rotatable bonds is 4. The molecule has 3 heteroatoms. The molecule has 1 N–H and O–H groups in total. The Labute approximate surface area is 206 Å². The molecular formula is C28H26NNaO. The third-order valence-electron chi connectivity index (χ3n) is 6.11. The number of benzene rings is 4. The third kappa shape index (κ3) is 3.59. The molecule has 150 valence electrons. The smallest absolute Gasteiger partial charge is 0.145 e. The molecule has 0 amide bonds. The van der Waals surface area contributed by atoms with Crippen molar-refractivity contribution < 1.29 is 4.74 Å². The Morgan fingerprint density at radius 2 is 0.871 bits per heavy atom. The fraction of sp³-hybridized carbons (Fsp3) is 0.143. The van der Waals surface area contributed by atoms with Gasteiger partial charge in [0, 0.05) is 6.54 Å². The van der Waals surface area contributed by atoms with E-state index < -0.39 is 11.1 Å². The van der Waals surface area contributed by atoms with Gasteiger partial charge in [-0.3, -0.25) is 5.32 Å². The van der Waals surface area contributed by atoms with Gasteiger partial charge in [0.05, 0.1) is 6.61 Å². The van der Waals surface area contributed by atoms with E-state index >= 15 is 0 Å². The van der Waals surface area contributed by atoms with E-state index in [1.54, 1.807) is 0 Å². The summed E-state index contributed by atoms with van der Waals surface area (Å²) in [6.07, 6.45) is 0. The molecule has 0 aliphatic carbocycles. The van der Waals surface area contributed by atoms with Gasteiger partial charge in [0.2, 0.25) is 0 Å². The van der Waals surface area contributed by atoms with Crippen molar-refractivity contribution in [2.75, 3.05) is 13.2 Å². The third-order valence-corrected chi connectivity index (χ3v) is 6.11. The van der Waals surface area contributed by atoms with Crippen LogP contribution in [0.4, 0.5) is 0 Å². The molecular weight excluding hydrogens is 389 g/mol. The fourth-order valence-electron chi connectivity index (χ4n) is 4.94. The maximum Gasteiger partial charge on any atom is 0.145 e. The van der Waals surface area contributed by atoms with Crippen LogP contribution in [0.2, 0.25) is 0 Å². The molecule has 0 radical (unpaired) electrons. The molecule has 0 saturated carbocycles. The van der Waals surface area contributed by atoms with E-state index in [0.717, 1.165) is 17.7 Å². The minimum absolute atomic E-state index is 0. The molecule has 1 fully saturated rings. The van der Waals surface area contributed by atoms with Gasteiger partial charge in [0.25, 0.3) is 0 Å². The summed E-state index contributed by atoms with van der Waals surface area (Å²) < 4.78 is 6.90. The quantitative estimate of drug-likeness (QED) is 0.482. The van der Waals surface area contributed by atoms with Gasteiger partial charge in [-0.2, -0.15) is 0 Å². The molecule has 0 atom stereocenters. The predicted octanol–water partition coefficient (Wildman–Crippen LogP) is 4.85. The fourth-order valence-corrected chi connectivity index (χ4v) is 4.94. The van der Waals surface area contributed by atoms with Gasteiger partial charge in [0.1, 0.15) is 11.1 Å². The predicted molar refractivity (Wildman–Crippen MR) is 128 cm³/mol. The number of morpholine rings is 1. The van der Waals surface area contributed by atoms with E-state index in [0.29, 0.717) is 6.61 Å². The van der Waals surface area contributed by atoms with Crippen LogP contribution in [0.15, 0.2) is 121 Å². The molecule has 0 spiro atoms. The molecule has 1 heterocycles. The number of hydrogen-bond donors (Lipinski definition) is 1. The SMILES string of the molecule is [NaH].c1ccc(C2(c3ccccc3)NCCOC2(c2ccccc2)c2ccccc2)cc1. The molecule has 4 aromatic carbocycles. The summed E-state index contributed by atoms with van der Waals surface area (Å²) in [5.41, 5.74) is 3.33.